The fourth-order valence-corrected chi connectivity index (χ4v) is 2.83. The third kappa shape index (κ3) is 2.31. The summed E-state index contributed by atoms with van der Waals surface area (Å²) >= 11 is 0. The lowest BCUT2D eigenvalue weighted by atomic mass is 10.2. The van der Waals surface area contributed by atoms with Crippen LogP contribution in [-0.2, 0) is 0 Å². The summed E-state index contributed by atoms with van der Waals surface area (Å²) in [6, 6.07) is 19.0. The van der Waals surface area contributed by atoms with Crippen LogP contribution in [0.15, 0.2) is 67.3 Å². The van der Waals surface area contributed by atoms with Crippen molar-refractivity contribution in [2.75, 3.05) is 0 Å². The van der Waals surface area contributed by atoms with Crippen LogP contribution in [0.4, 0.5) is 0 Å². The lowest BCUT2D eigenvalue weighted by Gasteiger charge is -2.05. The molecule has 0 aliphatic heterocycles. The Morgan fingerprint density at radius 2 is 1.71 bits per heavy atom. The molecule has 0 spiro atoms. The van der Waals surface area contributed by atoms with Gasteiger partial charge in [0.05, 0.1) is 10.9 Å². The SMILES string of the molecule is C=C/C=c1\c(=C/CC)c2ccccc2n1-c1ccccc1. The zero-order chi connectivity index (χ0) is 14.7. The van der Waals surface area contributed by atoms with Gasteiger partial charge in [0.2, 0.25) is 0 Å². The molecular weight excluding hydrogens is 254 g/mol. The van der Waals surface area contributed by atoms with Gasteiger partial charge in [0.1, 0.15) is 0 Å². The Hall–Kier alpha value is -2.54. The molecule has 3 aromatic rings. The summed E-state index contributed by atoms with van der Waals surface area (Å²) < 4.78 is 2.30. The Kier molecular flexibility index (Phi) is 3.74. The molecule has 1 nitrogen and oxygen atoms in total. The normalized spacial score (nSPS) is 13.0. The van der Waals surface area contributed by atoms with Crippen molar-refractivity contribution in [2.45, 2.75) is 13.3 Å². The molecule has 104 valence electrons. The Morgan fingerprint density at radius 1 is 1.00 bits per heavy atom. The van der Waals surface area contributed by atoms with Crippen LogP contribution in [0.2, 0.25) is 0 Å². The Labute approximate surface area is 125 Å². The molecule has 0 atom stereocenters. The first-order chi connectivity index (χ1) is 10.4. The van der Waals surface area contributed by atoms with Gasteiger partial charge in [0.15, 0.2) is 0 Å². The predicted octanol–water partition coefficient (Wildman–Crippen LogP) is 3.79. The summed E-state index contributed by atoms with van der Waals surface area (Å²) in [6.07, 6.45) is 7.26. The number of fused-ring (bicyclic) bond motifs is 1. The van der Waals surface area contributed by atoms with Gasteiger partial charge in [-0.2, -0.15) is 0 Å². The number of rotatable bonds is 3. The molecule has 0 fully saturated rings. The quantitative estimate of drug-likeness (QED) is 0.684. The first-order valence-corrected chi connectivity index (χ1v) is 7.34. The second kappa shape index (κ2) is 5.84. The van der Waals surface area contributed by atoms with E-state index in [0.29, 0.717) is 0 Å². The number of allylic oxidation sites excluding steroid dienone is 1. The van der Waals surface area contributed by atoms with Crippen molar-refractivity contribution in [3.05, 3.63) is 77.8 Å². The number of para-hydroxylation sites is 2. The molecule has 0 bridgehead atoms. The predicted molar refractivity (Wildman–Crippen MR) is 91.9 cm³/mol. The highest BCUT2D eigenvalue weighted by Gasteiger charge is 2.07. The maximum absolute atomic E-state index is 3.88. The van der Waals surface area contributed by atoms with Gasteiger partial charge in [-0.05, 0) is 30.7 Å². The zero-order valence-electron chi connectivity index (χ0n) is 12.3. The molecule has 0 aliphatic carbocycles. The van der Waals surface area contributed by atoms with Gasteiger partial charge in [0, 0.05) is 16.3 Å². The summed E-state index contributed by atoms with van der Waals surface area (Å²) in [5.41, 5.74) is 2.41. The molecule has 1 heteroatoms. The number of aromatic nitrogens is 1. The lowest BCUT2D eigenvalue weighted by Crippen LogP contribution is -2.28. The van der Waals surface area contributed by atoms with E-state index in [1.54, 1.807) is 0 Å². The van der Waals surface area contributed by atoms with Crippen LogP contribution in [0.1, 0.15) is 13.3 Å². The molecule has 3 rings (SSSR count). The van der Waals surface area contributed by atoms with Crippen LogP contribution in [0.5, 0.6) is 0 Å². The first-order valence-electron chi connectivity index (χ1n) is 7.34. The van der Waals surface area contributed by atoms with Crippen LogP contribution >= 0.6 is 0 Å². The largest absolute Gasteiger partial charge is 0.309 e. The second-order valence-electron chi connectivity index (χ2n) is 5.00. The van der Waals surface area contributed by atoms with E-state index in [4.69, 9.17) is 0 Å². The number of nitrogens with zero attached hydrogens (tertiary/aromatic N) is 1. The molecular formula is C20H19N. The van der Waals surface area contributed by atoms with Crippen LogP contribution in [0, 0.1) is 0 Å². The highest BCUT2D eigenvalue weighted by Crippen LogP contribution is 2.14. The zero-order valence-corrected chi connectivity index (χ0v) is 12.3. The summed E-state index contributed by atoms with van der Waals surface area (Å²) in [6.45, 7) is 6.05. The van der Waals surface area contributed by atoms with Gasteiger partial charge in [-0.25, -0.2) is 0 Å². The molecule has 21 heavy (non-hydrogen) atoms. The molecule has 2 aromatic carbocycles. The maximum atomic E-state index is 3.88. The maximum Gasteiger partial charge on any atom is 0.0540 e. The van der Waals surface area contributed by atoms with Crippen molar-refractivity contribution in [3.8, 4) is 5.69 Å². The minimum Gasteiger partial charge on any atom is -0.309 e. The Balaban J connectivity index is 2.55. The van der Waals surface area contributed by atoms with Gasteiger partial charge in [-0.3, -0.25) is 0 Å². The minimum absolute atomic E-state index is 1.01. The molecule has 1 heterocycles. The fraction of sp³-hybridized carbons (Fsp3) is 0.100. The standard InChI is InChI=1S/C20H19N/c1-3-10-17-18-14-8-9-15-20(18)21(19(17)11-4-2)16-12-6-5-7-13-16/h4-15H,2-3H2,1H3/b17-10-,19-11+. The van der Waals surface area contributed by atoms with Gasteiger partial charge in [-0.1, -0.05) is 62.1 Å². The van der Waals surface area contributed by atoms with Gasteiger partial charge in [-0.15, -0.1) is 0 Å². The monoisotopic (exact) mass is 273 g/mol. The van der Waals surface area contributed by atoms with E-state index in [9.17, 15) is 0 Å². The van der Waals surface area contributed by atoms with E-state index >= 15 is 0 Å². The second-order valence-corrected chi connectivity index (χ2v) is 5.00. The molecule has 0 N–H and O–H groups in total. The average molecular weight is 273 g/mol. The van der Waals surface area contributed by atoms with E-state index in [1.165, 1.54) is 27.2 Å². The fourth-order valence-electron chi connectivity index (χ4n) is 2.83. The first kappa shape index (κ1) is 13.4. The molecule has 0 amide bonds. The Bertz CT molecular complexity index is 883. The number of benzene rings is 2. The summed E-state index contributed by atoms with van der Waals surface area (Å²) in [5.74, 6) is 0. The summed E-state index contributed by atoms with van der Waals surface area (Å²) in [5, 5.41) is 3.77. The van der Waals surface area contributed by atoms with E-state index in [1.807, 2.05) is 12.1 Å². The van der Waals surface area contributed by atoms with Gasteiger partial charge in [0.25, 0.3) is 0 Å². The lowest BCUT2D eigenvalue weighted by molar-refractivity contribution is 1.07. The topological polar surface area (TPSA) is 4.93 Å². The summed E-state index contributed by atoms with van der Waals surface area (Å²) in [7, 11) is 0. The highest BCUT2D eigenvalue weighted by molar-refractivity contribution is 5.84. The Morgan fingerprint density at radius 3 is 2.43 bits per heavy atom. The molecule has 0 saturated carbocycles. The summed E-state index contributed by atoms with van der Waals surface area (Å²) in [4.78, 5) is 0. The van der Waals surface area contributed by atoms with Crippen molar-refractivity contribution in [2.24, 2.45) is 0 Å². The van der Waals surface area contributed by atoms with Crippen molar-refractivity contribution in [1.29, 1.82) is 0 Å². The average Bonchev–Trinajstić information content (AvgIpc) is 2.83. The van der Waals surface area contributed by atoms with E-state index in [-0.39, 0.29) is 0 Å². The third-order valence-corrected chi connectivity index (χ3v) is 3.65. The van der Waals surface area contributed by atoms with Crippen molar-refractivity contribution < 1.29 is 0 Å². The van der Waals surface area contributed by atoms with Crippen molar-refractivity contribution >= 4 is 23.1 Å². The van der Waals surface area contributed by atoms with Crippen LogP contribution in [0.3, 0.4) is 0 Å². The molecule has 0 aliphatic rings. The van der Waals surface area contributed by atoms with Crippen LogP contribution < -0.4 is 10.6 Å². The molecule has 0 unspecified atom stereocenters. The number of hydrogen-bond acceptors (Lipinski definition) is 0. The molecule has 0 radical (unpaired) electrons. The highest BCUT2D eigenvalue weighted by atomic mass is 15.0. The van der Waals surface area contributed by atoms with E-state index in [0.717, 1.165) is 6.42 Å². The molecule has 1 aromatic heterocycles. The van der Waals surface area contributed by atoms with Gasteiger partial charge < -0.3 is 4.57 Å². The molecule has 0 saturated heterocycles. The van der Waals surface area contributed by atoms with E-state index in [2.05, 4.69) is 78.8 Å². The van der Waals surface area contributed by atoms with Crippen molar-refractivity contribution in [1.82, 2.24) is 4.57 Å². The number of hydrogen-bond donors (Lipinski definition) is 0. The van der Waals surface area contributed by atoms with Crippen LogP contribution in [0.25, 0.3) is 28.7 Å². The van der Waals surface area contributed by atoms with E-state index < -0.39 is 0 Å². The smallest absolute Gasteiger partial charge is 0.0540 e. The van der Waals surface area contributed by atoms with Crippen molar-refractivity contribution in [3.63, 3.8) is 0 Å². The van der Waals surface area contributed by atoms with Crippen LogP contribution in [-0.4, -0.2) is 4.57 Å². The minimum atomic E-state index is 1.01. The third-order valence-electron chi connectivity index (χ3n) is 3.65. The van der Waals surface area contributed by atoms with Gasteiger partial charge >= 0.3 is 0 Å².